The van der Waals surface area contributed by atoms with Crippen molar-refractivity contribution in [3.63, 3.8) is 0 Å². The van der Waals surface area contributed by atoms with Crippen LogP contribution in [0.4, 0.5) is 13.2 Å². The molecule has 0 fully saturated rings. The van der Waals surface area contributed by atoms with E-state index in [-0.39, 0.29) is 6.54 Å². The van der Waals surface area contributed by atoms with Crippen molar-refractivity contribution >= 4 is 15.9 Å². The van der Waals surface area contributed by atoms with E-state index in [4.69, 9.17) is 0 Å². The third-order valence-electron chi connectivity index (χ3n) is 3.15. The Morgan fingerprint density at radius 2 is 2.00 bits per heavy atom. The summed E-state index contributed by atoms with van der Waals surface area (Å²) in [6.07, 6.45) is -3.94. The predicted molar refractivity (Wildman–Crippen MR) is 75.1 cm³/mol. The molecule has 0 aliphatic carbocycles. The lowest BCUT2D eigenvalue weighted by Crippen LogP contribution is -2.28. The fourth-order valence-corrected chi connectivity index (χ4v) is 2.81. The Kier molecular flexibility index (Phi) is 4.27. The van der Waals surface area contributed by atoms with Gasteiger partial charge >= 0.3 is 6.18 Å². The van der Waals surface area contributed by atoms with Crippen molar-refractivity contribution in [3.8, 4) is 0 Å². The molecule has 0 saturated heterocycles. The van der Waals surface area contributed by atoms with Gasteiger partial charge in [0.15, 0.2) is 0 Å². The number of halogens is 4. The first-order valence-corrected chi connectivity index (χ1v) is 7.02. The lowest BCUT2D eigenvalue weighted by atomic mass is 10.2. The van der Waals surface area contributed by atoms with E-state index in [0.29, 0.717) is 21.2 Å². The van der Waals surface area contributed by atoms with Gasteiger partial charge in [0.2, 0.25) is 0 Å². The minimum absolute atomic E-state index is 0.196. The van der Waals surface area contributed by atoms with Crippen LogP contribution in [0.5, 0.6) is 0 Å². The summed E-state index contributed by atoms with van der Waals surface area (Å²) in [6.45, 7) is 1.70. The normalized spacial score (nSPS) is 11.9. The lowest BCUT2D eigenvalue weighted by Gasteiger charge is -2.15. The van der Waals surface area contributed by atoms with Crippen LogP contribution in [0.2, 0.25) is 0 Å². The number of hydrogen-bond donors (Lipinski definition) is 0. The second-order valence-corrected chi connectivity index (χ2v) is 5.31. The number of alkyl halides is 3. The first-order chi connectivity index (χ1) is 9.75. The van der Waals surface area contributed by atoms with E-state index in [2.05, 4.69) is 21.0 Å². The maximum Gasteiger partial charge on any atom is 0.431 e. The van der Waals surface area contributed by atoms with Crippen LogP contribution >= 0.6 is 15.9 Å². The fraction of sp³-hybridized carbons (Fsp3) is 0.385. The molecule has 0 bridgehead atoms. The zero-order chi connectivity index (χ0) is 15.8. The van der Waals surface area contributed by atoms with Crippen LogP contribution in [0.25, 0.3) is 0 Å². The first-order valence-electron chi connectivity index (χ1n) is 6.23. The quantitative estimate of drug-likeness (QED) is 0.840. The maximum atomic E-state index is 13.0. The van der Waals surface area contributed by atoms with Gasteiger partial charge in [0, 0.05) is 13.1 Å². The van der Waals surface area contributed by atoms with Gasteiger partial charge in [-0.2, -0.15) is 18.3 Å². The molecule has 0 saturated carbocycles. The van der Waals surface area contributed by atoms with Gasteiger partial charge < -0.3 is 0 Å². The summed E-state index contributed by atoms with van der Waals surface area (Å²) >= 11 is 3.34. The summed E-state index contributed by atoms with van der Waals surface area (Å²) in [5.74, 6) is 0. The number of rotatable bonds is 3. The van der Waals surface area contributed by atoms with Crippen molar-refractivity contribution < 1.29 is 13.2 Å². The molecule has 0 radical (unpaired) electrons. The van der Waals surface area contributed by atoms with Gasteiger partial charge in [-0.05, 0) is 28.4 Å². The Morgan fingerprint density at radius 1 is 1.33 bits per heavy atom. The van der Waals surface area contributed by atoms with Crippen LogP contribution in [0.3, 0.4) is 0 Å². The van der Waals surface area contributed by atoms with Crippen LogP contribution in [-0.4, -0.2) is 14.3 Å². The summed E-state index contributed by atoms with van der Waals surface area (Å²) in [5, 5.41) is 4.22. The van der Waals surface area contributed by atoms with Crippen LogP contribution < -0.4 is 5.56 Å². The topological polar surface area (TPSA) is 39.8 Å². The Balaban J connectivity index is 2.55. The van der Waals surface area contributed by atoms with Crippen molar-refractivity contribution in [2.24, 2.45) is 7.05 Å². The van der Waals surface area contributed by atoms with E-state index in [0.717, 1.165) is 23.9 Å². The average molecular weight is 364 g/mol. The van der Waals surface area contributed by atoms with Gasteiger partial charge in [0.1, 0.15) is 5.69 Å². The number of aromatic nitrogens is 3. The number of pyridine rings is 1. The number of hydrogen-bond acceptors (Lipinski definition) is 2. The van der Waals surface area contributed by atoms with Crippen LogP contribution in [0.15, 0.2) is 27.5 Å². The Labute approximate surface area is 127 Å². The summed E-state index contributed by atoms with van der Waals surface area (Å²) in [4.78, 5) is 11.8. The number of aryl methyl sites for hydroxylation is 2. The molecule has 0 aliphatic rings. The van der Waals surface area contributed by atoms with Crippen molar-refractivity contribution in [1.29, 1.82) is 0 Å². The highest BCUT2D eigenvalue weighted by molar-refractivity contribution is 9.10. The minimum atomic E-state index is -4.58. The molecule has 0 amide bonds. The zero-order valence-corrected chi connectivity index (χ0v) is 13.0. The van der Waals surface area contributed by atoms with E-state index < -0.39 is 17.4 Å². The summed E-state index contributed by atoms with van der Waals surface area (Å²) in [5.41, 5.74) is -0.409. The van der Waals surface area contributed by atoms with E-state index in [1.165, 1.54) is 4.68 Å². The molecular formula is C13H13BrF3N3O. The molecule has 0 aromatic carbocycles. The molecule has 0 unspecified atom stereocenters. The molecule has 2 aromatic rings. The minimum Gasteiger partial charge on any atom is -0.298 e. The smallest absolute Gasteiger partial charge is 0.298 e. The van der Waals surface area contributed by atoms with Gasteiger partial charge in [-0.25, -0.2) is 0 Å². The second kappa shape index (κ2) is 5.67. The van der Waals surface area contributed by atoms with Crippen LogP contribution in [0.1, 0.15) is 24.0 Å². The summed E-state index contributed by atoms with van der Waals surface area (Å²) in [6, 6.07) is 3.12. The van der Waals surface area contributed by atoms with Crippen LogP contribution in [0, 0.1) is 0 Å². The van der Waals surface area contributed by atoms with Gasteiger partial charge in [-0.15, -0.1) is 0 Å². The highest BCUT2D eigenvalue weighted by atomic mass is 79.9. The van der Waals surface area contributed by atoms with Gasteiger partial charge in [0.25, 0.3) is 5.56 Å². The van der Waals surface area contributed by atoms with E-state index in [1.807, 2.05) is 6.92 Å². The van der Waals surface area contributed by atoms with Crippen LogP contribution in [-0.2, 0) is 26.2 Å². The summed E-state index contributed by atoms with van der Waals surface area (Å²) in [7, 11) is 1.64. The van der Waals surface area contributed by atoms with Gasteiger partial charge in [0.05, 0.1) is 22.4 Å². The highest BCUT2D eigenvalue weighted by Gasteiger charge is 2.34. The third kappa shape index (κ3) is 3.04. The molecule has 0 spiro atoms. The summed E-state index contributed by atoms with van der Waals surface area (Å²) < 4.78 is 41.9. The predicted octanol–water partition coefficient (Wildman–Crippen LogP) is 2.97. The zero-order valence-electron chi connectivity index (χ0n) is 11.4. The van der Waals surface area contributed by atoms with Crippen molar-refractivity contribution in [2.75, 3.05) is 0 Å². The first kappa shape index (κ1) is 15.8. The molecule has 0 aliphatic heterocycles. The van der Waals surface area contributed by atoms with E-state index >= 15 is 0 Å². The van der Waals surface area contributed by atoms with Crippen molar-refractivity contribution in [1.82, 2.24) is 14.3 Å². The molecule has 2 aromatic heterocycles. The third-order valence-corrected chi connectivity index (χ3v) is 4.07. The molecule has 21 heavy (non-hydrogen) atoms. The molecule has 8 heteroatoms. The maximum absolute atomic E-state index is 13.0. The van der Waals surface area contributed by atoms with Gasteiger partial charge in [-0.3, -0.25) is 14.0 Å². The highest BCUT2D eigenvalue weighted by Crippen LogP contribution is 2.29. The molecule has 2 heterocycles. The Hall–Kier alpha value is -1.57. The largest absolute Gasteiger partial charge is 0.431 e. The molecular weight excluding hydrogens is 351 g/mol. The molecule has 0 atom stereocenters. The molecule has 0 N–H and O–H groups in total. The number of nitrogens with zero attached hydrogens (tertiary/aromatic N) is 3. The molecule has 4 nitrogen and oxygen atoms in total. The average Bonchev–Trinajstić information content (AvgIpc) is 2.66. The second-order valence-electron chi connectivity index (χ2n) is 4.52. The van der Waals surface area contributed by atoms with Gasteiger partial charge in [-0.1, -0.05) is 13.0 Å². The van der Waals surface area contributed by atoms with E-state index in [9.17, 15) is 18.0 Å². The monoisotopic (exact) mass is 363 g/mol. The van der Waals surface area contributed by atoms with E-state index in [1.54, 1.807) is 7.05 Å². The SMILES string of the molecule is CCc1nn(C)c(Cn2c(C(F)(F)F)cccc2=O)c1Br. The van der Waals surface area contributed by atoms with Crippen molar-refractivity contribution in [3.05, 3.63) is 50.1 Å². The fourth-order valence-electron chi connectivity index (χ4n) is 2.07. The lowest BCUT2D eigenvalue weighted by molar-refractivity contribution is -0.144. The Morgan fingerprint density at radius 3 is 2.52 bits per heavy atom. The molecule has 114 valence electrons. The molecule has 2 rings (SSSR count). The standard InChI is InChI=1S/C13H13BrF3N3O/c1-3-8-12(14)9(19(2)18-8)7-20-10(13(15,16)17)5-4-6-11(20)21/h4-6H,3,7H2,1-2H3. The van der Waals surface area contributed by atoms with Crippen molar-refractivity contribution in [2.45, 2.75) is 26.1 Å². The Bertz CT molecular complexity index is 718.